The number of anilines is 2. The van der Waals surface area contributed by atoms with Crippen molar-refractivity contribution in [3.63, 3.8) is 0 Å². The Morgan fingerprint density at radius 2 is 1.61 bits per heavy atom. The molecule has 0 aliphatic carbocycles. The van der Waals surface area contributed by atoms with Gasteiger partial charge in [-0.3, -0.25) is 0 Å². The minimum absolute atomic E-state index is 0.791. The summed E-state index contributed by atoms with van der Waals surface area (Å²) in [5.41, 5.74) is 2.12. The van der Waals surface area contributed by atoms with Crippen LogP contribution in [0.5, 0.6) is 11.5 Å². The number of ether oxygens (including phenoxy) is 1. The van der Waals surface area contributed by atoms with Gasteiger partial charge in [0.25, 0.3) is 0 Å². The summed E-state index contributed by atoms with van der Waals surface area (Å²) in [6, 6.07) is 21.8. The maximum atomic E-state index is 5.86. The first-order valence-corrected chi connectivity index (χ1v) is 10.5. The third kappa shape index (κ3) is 3.35. The fourth-order valence-electron chi connectivity index (χ4n) is 2.95. The number of nitrogens with zero attached hydrogens (tertiary/aromatic N) is 2. The molecular weight excluding hydrogens is 386 g/mol. The standard InChI is InChI=1S/C22H15N3OS2/c1-2-5-16(6-3-1)26-17-10-8-15(9-11-17)25-21-20-18(19-7-4-12-27-19)13-28-22(20)24-14-23-21/h1-14H,(H,23,24,25). The van der Waals surface area contributed by atoms with Crippen LogP contribution < -0.4 is 10.1 Å². The van der Waals surface area contributed by atoms with E-state index in [1.54, 1.807) is 29.0 Å². The van der Waals surface area contributed by atoms with E-state index >= 15 is 0 Å². The molecule has 0 atom stereocenters. The van der Waals surface area contributed by atoms with Gasteiger partial charge in [0, 0.05) is 21.5 Å². The third-order valence-corrected chi connectivity index (χ3v) is 6.04. The van der Waals surface area contributed by atoms with Gasteiger partial charge in [-0.15, -0.1) is 22.7 Å². The summed E-state index contributed by atoms with van der Waals surface area (Å²) in [6.07, 6.45) is 1.60. The molecule has 0 saturated carbocycles. The van der Waals surface area contributed by atoms with Crippen molar-refractivity contribution in [2.75, 3.05) is 5.32 Å². The molecule has 1 N–H and O–H groups in total. The molecule has 0 radical (unpaired) electrons. The second kappa shape index (κ2) is 7.42. The van der Waals surface area contributed by atoms with Crippen molar-refractivity contribution in [1.29, 1.82) is 0 Å². The molecule has 28 heavy (non-hydrogen) atoms. The Kier molecular flexibility index (Phi) is 4.48. The molecule has 0 spiro atoms. The largest absolute Gasteiger partial charge is 0.457 e. The predicted octanol–water partition coefficient (Wildman–Crippen LogP) is 6.96. The zero-order chi connectivity index (χ0) is 18.8. The number of benzene rings is 2. The van der Waals surface area contributed by atoms with Gasteiger partial charge in [-0.2, -0.15) is 0 Å². The topological polar surface area (TPSA) is 47.0 Å². The molecule has 136 valence electrons. The van der Waals surface area contributed by atoms with E-state index in [9.17, 15) is 0 Å². The second-order valence-electron chi connectivity index (χ2n) is 6.09. The lowest BCUT2D eigenvalue weighted by molar-refractivity contribution is 0.483. The fraction of sp³-hybridized carbons (Fsp3) is 0. The number of hydrogen-bond donors (Lipinski definition) is 1. The highest BCUT2D eigenvalue weighted by molar-refractivity contribution is 7.18. The number of aromatic nitrogens is 2. The van der Waals surface area contributed by atoms with Gasteiger partial charge in [0.15, 0.2) is 0 Å². The van der Waals surface area contributed by atoms with Gasteiger partial charge < -0.3 is 10.1 Å². The summed E-state index contributed by atoms with van der Waals surface area (Å²) >= 11 is 3.36. The lowest BCUT2D eigenvalue weighted by atomic mass is 10.2. The van der Waals surface area contributed by atoms with E-state index in [1.165, 1.54) is 10.4 Å². The van der Waals surface area contributed by atoms with Crippen molar-refractivity contribution in [2.24, 2.45) is 0 Å². The molecule has 0 bridgehead atoms. The third-order valence-electron chi connectivity index (χ3n) is 4.25. The van der Waals surface area contributed by atoms with Crippen molar-refractivity contribution < 1.29 is 4.74 Å². The lowest BCUT2D eigenvalue weighted by Crippen LogP contribution is -1.95. The van der Waals surface area contributed by atoms with Gasteiger partial charge in [0.05, 0.1) is 5.39 Å². The van der Waals surface area contributed by atoms with Gasteiger partial charge in [-0.05, 0) is 47.8 Å². The number of nitrogens with one attached hydrogen (secondary N) is 1. The Morgan fingerprint density at radius 3 is 2.39 bits per heavy atom. The predicted molar refractivity (Wildman–Crippen MR) is 117 cm³/mol. The minimum atomic E-state index is 0.791. The van der Waals surface area contributed by atoms with Gasteiger partial charge in [0.1, 0.15) is 28.5 Å². The summed E-state index contributed by atoms with van der Waals surface area (Å²) in [4.78, 5) is 11.1. The minimum Gasteiger partial charge on any atom is -0.457 e. The van der Waals surface area contributed by atoms with Crippen LogP contribution >= 0.6 is 22.7 Å². The van der Waals surface area contributed by atoms with Crippen LogP contribution in [0.4, 0.5) is 11.5 Å². The van der Waals surface area contributed by atoms with Crippen molar-refractivity contribution >= 4 is 44.4 Å². The molecule has 6 heteroatoms. The molecule has 2 aromatic carbocycles. The maximum absolute atomic E-state index is 5.86. The molecule has 4 nitrogen and oxygen atoms in total. The molecular formula is C22H15N3OS2. The summed E-state index contributed by atoms with van der Waals surface area (Å²) in [6.45, 7) is 0. The molecule has 0 fully saturated rings. The Labute approximate surface area is 170 Å². The molecule has 0 amide bonds. The monoisotopic (exact) mass is 401 g/mol. The fourth-order valence-corrected chi connectivity index (χ4v) is 4.68. The summed E-state index contributed by atoms with van der Waals surface area (Å²) in [7, 11) is 0. The van der Waals surface area contributed by atoms with E-state index in [-0.39, 0.29) is 0 Å². The first kappa shape index (κ1) is 16.9. The van der Waals surface area contributed by atoms with Crippen molar-refractivity contribution in [1.82, 2.24) is 9.97 Å². The smallest absolute Gasteiger partial charge is 0.143 e. The average molecular weight is 402 g/mol. The zero-order valence-electron chi connectivity index (χ0n) is 14.7. The average Bonchev–Trinajstić information content (AvgIpc) is 3.40. The van der Waals surface area contributed by atoms with Crippen LogP contribution in [0.2, 0.25) is 0 Å². The highest BCUT2D eigenvalue weighted by atomic mass is 32.1. The Hall–Kier alpha value is -3.22. The molecule has 5 aromatic rings. The molecule has 0 unspecified atom stereocenters. The number of thiophene rings is 2. The molecule has 3 aromatic heterocycles. The molecule has 0 saturated heterocycles. The zero-order valence-corrected chi connectivity index (χ0v) is 16.3. The first-order chi connectivity index (χ1) is 13.9. The van der Waals surface area contributed by atoms with Gasteiger partial charge >= 0.3 is 0 Å². The van der Waals surface area contributed by atoms with Crippen molar-refractivity contribution in [3.8, 4) is 21.9 Å². The van der Waals surface area contributed by atoms with Crippen molar-refractivity contribution in [3.05, 3.63) is 83.8 Å². The van der Waals surface area contributed by atoms with E-state index < -0.39 is 0 Å². The van der Waals surface area contributed by atoms with Crippen LogP contribution in [0.25, 0.3) is 20.7 Å². The highest BCUT2D eigenvalue weighted by Crippen LogP contribution is 2.39. The van der Waals surface area contributed by atoms with Crippen LogP contribution in [0.1, 0.15) is 0 Å². The molecule has 0 aliphatic heterocycles. The molecule has 5 rings (SSSR count). The Bertz CT molecular complexity index is 1200. The SMILES string of the molecule is c1ccc(Oc2ccc(Nc3ncnc4scc(-c5cccs5)c34)cc2)cc1. The van der Waals surface area contributed by atoms with Crippen LogP contribution in [0, 0.1) is 0 Å². The summed E-state index contributed by atoms with van der Waals surface area (Å²) in [5.74, 6) is 2.42. The number of para-hydroxylation sites is 1. The van der Waals surface area contributed by atoms with E-state index in [1.807, 2.05) is 54.6 Å². The summed E-state index contributed by atoms with van der Waals surface area (Å²) in [5, 5.41) is 8.72. The molecule has 0 aliphatic rings. The van der Waals surface area contributed by atoms with Gasteiger partial charge in [-0.1, -0.05) is 24.3 Å². The second-order valence-corrected chi connectivity index (χ2v) is 7.90. The van der Waals surface area contributed by atoms with Crippen molar-refractivity contribution in [2.45, 2.75) is 0 Å². The number of fused-ring (bicyclic) bond motifs is 1. The number of rotatable bonds is 5. The van der Waals surface area contributed by atoms with E-state index in [4.69, 9.17) is 4.74 Å². The Balaban J connectivity index is 1.43. The maximum Gasteiger partial charge on any atom is 0.143 e. The van der Waals surface area contributed by atoms with Gasteiger partial charge in [-0.25, -0.2) is 9.97 Å². The molecule has 3 heterocycles. The van der Waals surface area contributed by atoms with Crippen LogP contribution in [0.3, 0.4) is 0 Å². The van der Waals surface area contributed by atoms with E-state index in [0.29, 0.717) is 0 Å². The first-order valence-electron chi connectivity index (χ1n) is 8.73. The lowest BCUT2D eigenvalue weighted by Gasteiger charge is -2.09. The van der Waals surface area contributed by atoms with Crippen LogP contribution in [-0.4, -0.2) is 9.97 Å². The van der Waals surface area contributed by atoms with Crippen LogP contribution in [0.15, 0.2) is 83.8 Å². The normalized spacial score (nSPS) is 10.9. The van der Waals surface area contributed by atoms with E-state index in [0.717, 1.165) is 33.2 Å². The van der Waals surface area contributed by atoms with Crippen LogP contribution in [-0.2, 0) is 0 Å². The number of hydrogen-bond acceptors (Lipinski definition) is 6. The highest BCUT2D eigenvalue weighted by Gasteiger charge is 2.14. The van der Waals surface area contributed by atoms with Gasteiger partial charge in [0.2, 0.25) is 0 Å². The Morgan fingerprint density at radius 1 is 0.786 bits per heavy atom. The quantitative estimate of drug-likeness (QED) is 0.346. The van der Waals surface area contributed by atoms with E-state index in [2.05, 4.69) is 38.2 Å². The summed E-state index contributed by atoms with van der Waals surface area (Å²) < 4.78 is 5.86.